The van der Waals surface area contributed by atoms with Gasteiger partial charge in [-0.1, -0.05) is 12.5 Å². The summed E-state index contributed by atoms with van der Waals surface area (Å²) in [6, 6.07) is 4.32. The van der Waals surface area contributed by atoms with Crippen molar-refractivity contribution in [1.29, 1.82) is 0 Å². The molecule has 0 unspecified atom stereocenters. The van der Waals surface area contributed by atoms with Crippen LogP contribution >= 0.6 is 11.3 Å². The Morgan fingerprint density at radius 3 is 2.79 bits per heavy atom. The summed E-state index contributed by atoms with van der Waals surface area (Å²) >= 11 is 1.83. The van der Waals surface area contributed by atoms with E-state index in [1.54, 1.807) is 0 Å². The molecule has 0 aromatic carbocycles. The molecule has 0 N–H and O–H groups in total. The van der Waals surface area contributed by atoms with Gasteiger partial charge in [-0.2, -0.15) is 0 Å². The van der Waals surface area contributed by atoms with Crippen molar-refractivity contribution < 1.29 is 4.79 Å². The van der Waals surface area contributed by atoms with E-state index < -0.39 is 0 Å². The lowest BCUT2D eigenvalue weighted by Crippen LogP contribution is -2.41. The van der Waals surface area contributed by atoms with E-state index in [4.69, 9.17) is 0 Å². The molecular formula is C15H22N2OS. The SMILES string of the molecule is O=C(C1CCC1)N1CCCN(Cc2cccs2)CC1. The van der Waals surface area contributed by atoms with Crippen LogP contribution in [0, 0.1) is 5.92 Å². The van der Waals surface area contributed by atoms with Gasteiger partial charge >= 0.3 is 0 Å². The van der Waals surface area contributed by atoms with Gasteiger partial charge in [0, 0.05) is 43.5 Å². The van der Waals surface area contributed by atoms with Crippen LogP contribution in [0.15, 0.2) is 17.5 Å². The zero-order valence-electron chi connectivity index (χ0n) is 11.4. The molecule has 1 saturated heterocycles. The second kappa shape index (κ2) is 6.06. The molecule has 1 aliphatic carbocycles. The summed E-state index contributed by atoms with van der Waals surface area (Å²) in [4.78, 5) is 18.3. The molecule has 3 rings (SSSR count). The third-order valence-corrected chi connectivity index (χ3v) is 5.18. The van der Waals surface area contributed by atoms with Crippen molar-refractivity contribution in [2.24, 2.45) is 5.92 Å². The number of hydrogen-bond donors (Lipinski definition) is 0. The van der Waals surface area contributed by atoms with E-state index in [2.05, 4.69) is 27.3 Å². The van der Waals surface area contributed by atoms with E-state index in [1.165, 1.54) is 11.3 Å². The first kappa shape index (κ1) is 13.1. The minimum Gasteiger partial charge on any atom is -0.341 e. The minimum absolute atomic E-state index is 0.351. The largest absolute Gasteiger partial charge is 0.341 e. The van der Waals surface area contributed by atoms with Crippen LogP contribution in [0.5, 0.6) is 0 Å². The van der Waals surface area contributed by atoms with E-state index in [9.17, 15) is 4.79 Å². The molecule has 0 spiro atoms. The number of thiophene rings is 1. The minimum atomic E-state index is 0.351. The van der Waals surface area contributed by atoms with Gasteiger partial charge in [0.1, 0.15) is 0 Å². The van der Waals surface area contributed by atoms with Crippen LogP contribution in [0.1, 0.15) is 30.6 Å². The van der Waals surface area contributed by atoms with Gasteiger partial charge in [-0.05, 0) is 30.7 Å². The van der Waals surface area contributed by atoms with Crippen molar-refractivity contribution in [3.8, 4) is 0 Å². The van der Waals surface area contributed by atoms with Gasteiger partial charge in [-0.25, -0.2) is 0 Å². The topological polar surface area (TPSA) is 23.6 Å². The lowest BCUT2D eigenvalue weighted by atomic mass is 9.84. The highest BCUT2D eigenvalue weighted by atomic mass is 32.1. The predicted molar refractivity (Wildman–Crippen MR) is 78.1 cm³/mol. The molecule has 104 valence electrons. The molecule has 1 aromatic heterocycles. The van der Waals surface area contributed by atoms with Crippen LogP contribution in [-0.2, 0) is 11.3 Å². The predicted octanol–water partition coefficient (Wildman–Crippen LogP) is 2.58. The van der Waals surface area contributed by atoms with Gasteiger partial charge in [0.2, 0.25) is 5.91 Å². The van der Waals surface area contributed by atoms with Crippen LogP contribution in [0.3, 0.4) is 0 Å². The second-order valence-electron chi connectivity index (χ2n) is 5.66. The number of carbonyl (C=O) groups excluding carboxylic acids is 1. The number of amides is 1. The van der Waals surface area contributed by atoms with Gasteiger partial charge in [0.05, 0.1) is 0 Å². The summed E-state index contributed by atoms with van der Waals surface area (Å²) in [5.74, 6) is 0.771. The average molecular weight is 278 g/mol. The smallest absolute Gasteiger partial charge is 0.225 e. The standard InChI is InChI=1S/C15H22N2OS/c18-15(13-4-1-5-13)17-8-3-7-16(9-10-17)12-14-6-2-11-19-14/h2,6,11,13H,1,3-5,7-10,12H2. The summed E-state index contributed by atoms with van der Waals surface area (Å²) in [7, 11) is 0. The molecule has 2 heterocycles. The highest BCUT2D eigenvalue weighted by Crippen LogP contribution is 2.28. The Morgan fingerprint density at radius 2 is 2.11 bits per heavy atom. The Balaban J connectivity index is 1.52. The number of nitrogens with zero attached hydrogens (tertiary/aromatic N) is 2. The number of carbonyl (C=O) groups is 1. The Kier molecular flexibility index (Phi) is 4.18. The Labute approximate surface area is 119 Å². The molecule has 2 aliphatic rings. The molecule has 1 saturated carbocycles. The summed E-state index contributed by atoms with van der Waals surface area (Å²) in [6.07, 6.45) is 4.60. The Morgan fingerprint density at radius 1 is 1.21 bits per heavy atom. The average Bonchev–Trinajstić information content (AvgIpc) is 2.72. The summed E-state index contributed by atoms with van der Waals surface area (Å²) < 4.78 is 0. The van der Waals surface area contributed by atoms with E-state index in [0.717, 1.165) is 52.0 Å². The fourth-order valence-electron chi connectivity index (χ4n) is 2.89. The highest BCUT2D eigenvalue weighted by Gasteiger charge is 2.30. The van der Waals surface area contributed by atoms with Crippen molar-refractivity contribution in [3.63, 3.8) is 0 Å². The maximum Gasteiger partial charge on any atom is 0.225 e. The van der Waals surface area contributed by atoms with E-state index >= 15 is 0 Å². The van der Waals surface area contributed by atoms with Gasteiger partial charge in [0.25, 0.3) is 0 Å². The first-order valence-corrected chi connectivity index (χ1v) is 8.24. The van der Waals surface area contributed by atoms with Gasteiger partial charge < -0.3 is 4.90 Å². The summed E-state index contributed by atoms with van der Waals surface area (Å²) in [5.41, 5.74) is 0. The fraction of sp³-hybridized carbons (Fsp3) is 0.667. The van der Waals surface area contributed by atoms with Crippen LogP contribution in [-0.4, -0.2) is 41.9 Å². The van der Waals surface area contributed by atoms with E-state index in [-0.39, 0.29) is 0 Å². The van der Waals surface area contributed by atoms with Crippen molar-refractivity contribution in [3.05, 3.63) is 22.4 Å². The first-order valence-electron chi connectivity index (χ1n) is 7.36. The van der Waals surface area contributed by atoms with Gasteiger partial charge in [-0.3, -0.25) is 9.69 Å². The monoisotopic (exact) mass is 278 g/mol. The van der Waals surface area contributed by atoms with Gasteiger partial charge in [-0.15, -0.1) is 11.3 Å². The fourth-order valence-corrected chi connectivity index (χ4v) is 3.63. The normalized spacial score (nSPS) is 22.0. The molecular weight excluding hydrogens is 256 g/mol. The number of hydrogen-bond acceptors (Lipinski definition) is 3. The van der Waals surface area contributed by atoms with Crippen LogP contribution in [0.2, 0.25) is 0 Å². The van der Waals surface area contributed by atoms with Crippen LogP contribution < -0.4 is 0 Å². The molecule has 2 fully saturated rings. The molecule has 0 radical (unpaired) electrons. The molecule has 1 amide bonds. The molecule has 3 nitrogen and oxygen atoms in total. The lowest BCUT2D eigenvalue weighted by Gasteiger charge is -2.31. The van der Waals surface area contributed by atoms with Crippen LogP contribution in [0.4, 0.5) is 0 Å². The van der Waals surface area contributed by atoms with Crippen molar-refractivity contribution in [1.82, 2.24) is 9.80 Å². The van der Waals surface area contributed by atoms with Crippen LogP contribution in [0.25, 0.3) is 0 Å². The zero-order chi connectivity index (χ0) is 13.1. The van der Waals surface area contributed by atoms with Crippen molar-refractivity contribution in [2.45, 2.75) is 32.2 Å². The number of rotatable bonds is 3. The maximum absolute atomic E-state index is 12.3. The maximum atomic E-state index is 12.3. The Bertz CT molecular complexity index is 414. The van der Waals surface area contributed by atoms with Crippen molar-refractivity contribution in [2.75, 3.05) is 26.2 Å². The third-order valence-electron chi connectivity index (χ3n) is 4.31. The molecule has 19 heavy (non-hydrogen) atoms. The third kappa shape index (κ3) is 3.18. The zero-order valence-corrected chi connectivity index (χ0v) is 12.2. The molecule has 0 atom stereocenters. The summed E-state index contributed by atoms with van der Waals surface area (Å²) in [6.45, 7) is 5.06. The Hall–Kier alpha value is -0.870. The quantitative estimate of drug-likeness (QED) is 0.848. The molecule has 0 bridgehead atoms. The first-order chi connectivity index (χ1) is 9.33. The second-order valence-corrected chi connectivity index (χ2v) is 6.69. The molecule has 1 aromatic rings. The van der Waals surface area contributed by atoms with Gasteiger partial charge in [0.15, 0.2) is 0 Å². The van der Waals surface area contributed by atoms with E-state index in [0.29, 0.717) is 11.8 Å². The van der Waals surface area contributed by atoms with E-state index in [1.807, 2.05) is 11.3 Å². The molecule has 4 heteroatoms. The summed E-state index contributed by atoms with van der Waals surface area (Å²) in [5, 5.41) is 2.14. The molecule has 1 aliphatic heterocycles. The highest BCUT2D eigenvalue weighted by molar-refractivity contribution is 7.09. The van der Waals surface area contributed by atoms with Crippen molar-refractivity contribution >= 4 is 17.2 Å². The lowest BCUT2D eigenvalue weighted by molar-refractivity contribution is -0.138.